The van der Waals surface area contributed by atoms with Gasteiger partial charge < -0.3 is 10.6 Å². The molecule has 2 N–H and O–H groups in total. The van der Waals surface area contributed by atoms with Crippen molar-refractivity contribution in [1.82, 2.24) is 15.0 Å². The fourth-order valence-corrected chi connectivity index (χ4v) is 2.12. The molecule has 0 atom stereocenters. The van der Waals surface area contributed by atoms with E-state index >= 15 is 0 Å². The van der Waals surface area contributed by atoms with Crippen LogP contribution in [0.25, 0.3) is 0 Å². The number of nitrogens with one attached hydrogen (secondary N) is 2. The Morgan fingerprint density at radius 1 is 1.00 bits per heavy atom. The molecule has 3 aromatic rings. The number of ketones is 1. The van der Waals surface area contributed by atoms with Crippen LogP contribution < -0.4 is 10.6 Å². The summed E-state index contributed by atoms with van der Waals surface area (Å²) in [5, 5.41) is 6.33. The third kappa shape index (κ3) is 4.13. The number of carbonyl (C=O) groups is 1. The molecule has 0 fully saturated rings. The van der Waals surface area contributed by atoms with E-state index in [0.29, 0.717) is 23.9 Å². The molecule has 2 heterocycles. The van der Waals surface area contributed by atoms with Crippen LogP contribution in [0.1, 0.15) is 23.0 Å². The first-order valence-electron chi connectivity index (χ1n) is 7.55. The van der Waals surface area contributed by atoms with Crippen molar-refractivity contribution in [3.63, 3.8) is 0 Å². The number of Topliss-reactive ketones (excluding diaryl/α,β-unsaturated/α-hetero) is 1. The normalized spacial score (nSPS) is 10.2. The standard InChI is InChI=1S/C18H17N5O/c1-13(24)14-5-7-15(8-6-14)22-18-20-11-9-17(23-18)21-12-16-4-2-3-10-19-16/h2-11H,12H2,1H3,(H2,20,21,22,23). The van der Waals surface area contributed by atoms with Crippen LogP contribution in [0.15, 0.2) is 60.9 Å². The molecule has 0 aliphatic heterocycles. The van der Waals surface area contributed by atoms with Gasteiger partial charge in [-0.25, -0.2) is 4.98 Å². The molecule has 0 aliphatic rings. The van der Waals surface area contributed by atoms with Crippen molar-refractivity contribution < 1.29 is 4.79 Å². The Labute approximate surface area is 140 Å². The van der Waals surface area contributed by atoms with Crippen molar-refractivity contribution in [2.24, 2.45) is 0 Å². The molecule has 6 heteroatoms. The second-order valence-electron chi connectivity index (χ2n) is 5.20. The molecule has 0 unspecified atom stereocenters. The quantitative estimate of drug-likeness (QED) is 0.678. The summed E-state index contributed by atoms with van der Waals surface area (Å²) in [6.45, 7) is 2.13. The van der Waals surface area contributed by atoms with E-state index in [2.05, 4.69) is 25.6 Å². The smallest absolute Gasteiger partial charge is 0.229 e. The monoisotopic (exact) mass is 319 g/mol. The zero-order valence-corrected chi connectivity index (χ0v) is 13.2. The maximum atomic E-state index is 11.3. The van der Waals surface area contributed by atoms with E-state index in [1.54, 1.807) is 37.5 Å². The molecule has 2 aromatic heterocycles. The summed E-state index contributed by atoms with van der Waals surface area (Å²) in [6, 6.07) is 14.8. The van der Waals surface area contributed by atoms with Gasteiger partial charge in [0.25, 0.3) is 0 Å². The lowest BCUT2D eigenvalue weighted by atomic mass is 10.1. The molecule has 0 spiro atoms. The van der Waals surface area contributed by atoms with Crippen molar-refractivity contribution in [3.8, 4) is 0 Å². The minimum absolute atomic E-state index is 0.0403. The van der Waals surface area contributed by atoms with Gasteiger partial charge in [0.1, 0.15) is 5.82 Å². The van der Waals surface area contributed by atoms with Gasteiger partial charge in [-0.1, -0.05) is 6.07 Å². The highest BCUT2D eigenvalue weighted by Gasteiger charge is 2.02. The van der Waals surface area contributed by atoms with E-state index in [4.69, 9.17) is 0 Å². The number of rotatable bonds is 6. The Kier molecular flexibility index (Phi) is 4.76. The lowest BCUT2D eigenvalue weighted by Crippen LogP contribution is -2.05. The molecule has 3 rings (SSSR count). The summed E-state index contributed by atoms with van der Waals surface area (Å²) < 4.78 is 0. The minimum Gasteiger partial charge on any atom is -0.364 e. The van der Waals surface area contributed by atoms with Gasteiger partial charge >= 0.3 is 0 Å². The number of benzene rings is 1. The summed E-state index contributed by atoms with van der Waals surface area (Å²) >= 11 is 0. The lowest BCUT2D eigenvalue weighted by molar-refractivity contribution is 0.101. The van der Waals surface area contributed by atoms with Crippen LogP contribution in [0.4, 0.5) is 17.5 Å². The van der Waals surface area contributed by atoms with E-state index in [1.165, 1.54) is 0 Å². The highest BCUT2D eigenvalue weighted by molar-refractivity contribution is 5.94. The zero-order valence-electron chi connectivity index (χ0n) is 13.2. The fraction of sp³-hybridized carbons (Fsp3) is 0.111. The Morgan fingerprint density at radius 3 is 2.54 bits per heavy atom. The van der Waals surface area contributed by atoms with Crippen molar-refractivity contribution >= 4 is 23.2 Å². The minimum atomic E-state index is 0.0403. The SMILES string of the molecule is CC(=O)c1ccc(Nc2nccc(NCc3ccccn3)n2)cc1. The first-order chi connectivity index (χ1) is 11.7. The first-order valence-corrected chi connectivity index (χ1v) is 7.55. The summed E-state index contributed by atoms with van der Waals surface area (Å²) in [4.78, 5) is 24.2. The summed E-state index contributed by atoms with van der Waals surface area (Å²) in [7, 11) is 0. The third-order valence-corrected chi connectivity index (χ3v) is 3.38. The number of nitrogens with zero attached hydrogens (tertiary/aromatic N) is 3. The van der Waals surface area contributed by atoms with Crippen LogP contribution >= 0.6 is 0 Å². The predicted octanol–water partition coefficient (Wildman–Crippen LogP) is 3.43. The Morgan fingerprint density at radius 2 is 1.83 bits per heavy atom. The number of hydrogen-bond acceptors (Lipinski definition) is 6. The number of carbonyl (C=O) groups excluding carboxylic acids is 1. The van der Waals surface area contributed by atoms with E-state index in [-0.39, 0.29) is 5.78 Å². The van der Waals surface area contributed by atoms with Gasteiger partial charge in [0.05, 0.1) is 12.2 Å². The molecule has 0 aliphatic carbocycles. The average Bonchev–Trinajstić information content (AvgIpc) is 2.62. The second-order valence-corrected chi connectivity index (χ2v) is 5.20. The maximum Gasteiger partial charge on any atom is 0.229 e. The number of anilines is 3. The Hall–Kier alpha value is -3.28. The second kappa shape index (κ2) is 7.32. The highest BCUT2D eigenvalue weighted by Crippen LogP contribution is 2.15. The fourth-order valence-electron chi connectivity index (χ4n) is 2.12. The van der Waals surface area contributed by atoms with Crippen LogP contribution in [-0.2, 0) is 6.54 Å². The maximum absolute atomic E-state index is 11.3. The van der Waals surface area contributed by atoms with Crippen molar-refractivity contribution in [2.45, 2.75) is 13.5 Å². The van der Waals surface area contributed by atoms with E-state index in [0.717, 1.165) is 11.4 Å². The zero-order chi connectivity index (χ0) is 16.8. The van der Waals surface area contributed by atoms with Crippen LogP contribution in [0.3, 0.4) is 0 Å². The van der Waals surface area contributed by atoms with Gasteiger partial charge in [-0.05, 0) is 49.4 Å². The van der Waals surface area contributed by atoms with Crippen LogP contribution in [-0.4, -0.2) is 20.7 Å². The molecule has 0 amide bonds. The van der Waals surface area contributed by atoms with Crippen LogP contribution in [0.2, 0.25) is 0 Å². The first kappa shape index (κ1) is 15.6. The van der Waals surface area contributed by atoms with Gasteiger partial charge in [0.2, 0.25) is 5.95 Å². The largest absolute Gasteiger partial charge is 0.364 e. The Balaban J connectivity index is 1.65. The van der Waals surface area contributed by atoms with E-state index in [9.17, 15) is 4.79 Å². The molecule has 0 bridgehead atoms. The van der Waals surface area contributed by atoms with Gasteiger partial charge in [-0.15, -0.1) is 0 Å². The molecule has 0 saturated carbocycles. The van der Waals surface area contributed by atoms with Crippen LogP contribution in [0.5, 0.6) is 0 Å². The summed E-state index contributed by atoms with van der Waals surface area (Å²) in [5.41, 5.74) is 2.43. The predicted molar refractivity (Wildman–Crippen MR) is 93.3 cm³/mol. The van der Waals surface area contributed by atoms with Crippen molar-refractivity contribution in [3.05, 3.63) is 72.2 Å². The molecular formula is C18H17N5O. The number of pyridine rings is 1. The molecule has 0 saturated heterocycles. The van der Waals surface area contributed by atoms with E-state index in [1.807, 2.05) is 30.3 Å². The summed E-state index contributed by atoms with van der Waals surface area (Å²) in [5.74, 6) is 1.23. The summed E-state index contributed by atoms with van der Waals surface area (Å²) in [6.07, 6.45) is 3.44. The van der Waals surface area contributed by atoms with Crippen molar-refractivity contribution in [1.29, 1.82) is 0 Å². The van der Waals surface area contributed by atoms with Crippen molar-refractivity contribution in [2.75, 3.05) is 10.6 Å². The topological polar surface area (TPSA) is 79.8 Å². The van der Waals surface area contributed by atoms with Gasteiger partial charge in [-0.3, -0.25) is 9.78 Å². The number of hydrogen-bond donors (Lipinski definition) is 2. The van der Waals surface area contributed by atoms with Gasteiger partial charge in [0, 0.05) is 23.6 Å². The average molecular weight is 319 g/mol. The molecule has 0 radical (unpaired) electrons. The van der Waals surface area contributed by atoms with Gasteiger partial charge in [0.15, 0.2) is 5.78 Å². The molecule has 1 aromatic carbocycles. The molecule has 24 heavy (non-hydrogen) atoms. The molecule has 120 valence electrons. The van der Waals surface area contributed by atoms with Gasteiger partial charge in [-0.2, -0.15) is 4.98 Å². The van der Waals surface area contributed by atoms with E-state index < -0.39 is 0 Å². The lowest BCUT2D eigenvalue weighted by Gasteiger charge is -2.08. The highest BCUT2D eigenvalue weighted by atomic mass is 16.1. The number of aromatic nitrogens is 3. The molecular weight excluding hydrogens is 302 g/mol. The third-order valence-electron chi connectivity index (χ3n) is 3.38. The molecule has 6 nitrogen and oxygen atoms in total. The Bertz CT molecular complexity index is 818. The van der Waals surface area contributed by atoms with Crippen LogP contribution in [0, 0.1) is 0 Å².